The Labute approximate surface area is 123 Å². The molecule has 0 bridgehead atoms. The lowest BCUT2D eigenvalue weighted by Gasteiger charge is -2.21. The molecule has 6 heteroatoms. The van der Waals surface area contributed by atoms with Crippen molar-refractivity contribution in [2.75, 3.05) is 0 Å². The molecule has 0 aromatic carbocycles. The Morgan fingerprint density at radius 1 is 1.43 bits per heavy atom. The first-order chi connectivity index (χ1) is 9.78. The monoisotopic (exact) mass is 292 g/mol. The molecule has 1 N–H and O–H groups in total. The third kappa shape index (κ3) is 3.71. The van der Waals surface area contributed by atoms with Crippen LogP contribution < -0.4 is 0 Å². The van der Waals surface area contributed by atoms with E-state index in [0.717, 1.165) is 18.5 Å². The van der Waals surface area contributed by atoms with Gasteiger partial charge >= 0.3 is 12.1 Å². The topological polar surface area (TPSA) is 81.4 Å². The van der Waals surface area contributed by atoms with Gasteiger partial charge in [-0.25, -0.2) is 14.3 Å². The van der Waals surface area contributed by atoms with Gasteiger partial charge in [0, 0.05) is 6.42 Å². The van der Waals surface area contributed by atoms with E-state index in [1.54, 1.807) is 20.8 Å². The lowest BCUT2D eigenvalue weighted by atomic mass is 10.1. The fourth-order valence-corrected chi connectivity index (χ4v) is 2.20. The molecule has 0 spiro atoms. The summed E-state index contributed by atoms with van der Waals surface area (Å²) >= 11 is 0. The number of hydrogen-bond acceptors (Lipinski definition) is 4. The molecule has 0 unspecified atom stereocenters. The van der Waals surface area contributed by atoms with Crippen molar-refractivity contribution in [1.82, 2.24) is 9.55 Å². The molecular formula is C15H20N2O4. The molecule has 6 nitrogen and oxygen atoms in total. The van der Waals surface area contributed by atoms with Gasteiger partial charge in [-0.2, -0.15) is 0 Å². The summed E-state index contributed by atoms with van der Waals surface area (Å²) in [4.78, 5) is 27.6. The molecule has 1 aliphatic carbocycles. The number of rotatable bonds is 3. The smallest absolute Gasteiger partial charge is 0.420 e. The lowest BCUT2D eigenvalue weighted by molar-refractivity contribution is -0.137. The molecule has 21 heavy (non-hydrogen) atoms. The summed E-state index contributed by atoms with van der Waals surface area (Å²) in [6, 6.07) is 0. The molecule has 114 valence electrons. The van der Waals surface area contributed by atoms with Crippen LogP contribution in [0.5, 0.6) is 0 Å². The largest absolute Gasteiger partial charge is 0.481 e. The van der Waals surface area contributed by atoms with E-state index in [2.05, 4.69) is 4.98 Å². The van der Waals surface area contributed by atoms with E-state index in [0.29, 0.717) is 11.5 Å². The second kappa shape index (κ2) is 5.71. The van der Waals surface area contributed by atoms with Crippen LogP contribution in [0.3, 0.4) is 0 Å². The van der Waals surface area contributed by atoms with Gasteiger partial charge in [-0.05, 0) is 39.7 Å². The van der Waals surface area contributed by atoms with Gasteiger partial charge < -0.3 is 9.84 Å². The number of hydrogen-bond donors (Lipinski definition) is 1. The van der Waals surface area contributed by atoms with E-state index in [1.807, 2.05) is 12.2 Å². The first kappa shape index (κ1) is 15.3. The average Bonchev–Trinajstić information content (AvgIpc) is 2.72. The number of imidazole rings is 1. The Hall–Kier alpha value is -2.11. The number of fused-ring (bicyclic) bond motifs is 1. The van der Waals surface area contributed by atoms with Crippen molar-refractivity contribution in [1.29, 1.82) is 0 Å². The van der Waals surface area contributed by atoms with Gasteiger partial charge in [0.1, 0.15) is 11.4 Å². The molecule has 1 aliphatic rings. The minimum Gasteiger partial charge on any atom is -0.481 e. The van der Waals surface area contributed by atoms with Crippen LogP contribution in [-0.4, -0.2) is 32.3 Å². The van der Waals surface area contributed by atoms with Gasteiger partial charge in [-0.1, -0.05) is 6.08 Å². The highest BCUT2D eigenvalue weighted by atomic mass is 16.6. The fraction of sp³-hybridized carbons (Fsp3) is 0.533. The van der Waals surface area contributed by atoms with Gasteiger partial charge in [0.05, 0.1) is 17.8 Å². The van der Waals surface area contributed by atoms with Crippen LogP contribution in [0.2, 0.25) is 0 Å². The zero-order chi connectivity index (χ0) is 15.6. The van der Waals surface area contributed by atoms with Crippen LogP contribution in [0.15, 0.2) is 6.08 Å². The summed E-state index contributed by atoms with van der Waals surface area (Å²) < 4.78 is 6.80. The van der Waals surface area contributed by atoms with Crippen LogP contribution in [0.4, 0.5) is 4.79 Å². The highest BCUT2D eigenvalue weighted by Crippen LogP contribution is 2.23. The minimum atomic E-state index is -0.915. The highest BCUT2D eigenvalue weighted by molar-refractivity contribution is 5.76. The third-order valence-corrected chi connectivity index (χ3v) is 3.02. The van der Waals surface area contributed by atoms with Crippen LogP contribution >= 0.6 is 0 Å². The standard InChI is InChI=1S/C15H20N2O4/c1-15(2,3)21-14(20)17-11-7-5-4-6-10(11)16-12(17)8-9-13(18)19/h5,7H,4,6,8-9H2,1-3H3,(H,18,19). The second-order valence-electron chi connectivity index (χ2n) is 6.01. The van der Waals surface area contributed by atoms with Crippen molar-refractivity contribution in [2.45, 2.75) is 52.1 Å². The van der Waals surface area contributed by atoms with Gasteiger partial charge in [0.15, 0.2) is 0 Å². The van der Waals surface area contributed by atoms with Crippen LogP contribution in [0, 0.1) is 0 Å². The van der Waals surface area contributed by atoms with Crippen molar-refractivity contribution in [3.63, 3.8) is 0 Å². The number of nitrogens with zero attached hydrogens (tertiary/aromatic N) is 2. The number of allylic oxidation sites excluding steroid dienone is 1. The molecule has 1 heterocycles. The number of aryl methyl sites for hydroxylation is 2. The molecule has 0 atom stereocenters. The Morgan fingerprint density at radius 2 is 2.14 bits per heavy atom. The van der Waals surface area contributed by atoms with E-state index < -0.39 is 17.7 Å². The van der Waals surface area contributed by atoms with E-state index in [-0.39, 0.29) is 12.8 Å². The van der Waals surface area contributed by atoms with Crippen LogP contribution in [-0.2, 0) is 22.4 Å². The molecule has 0 saturated carbocycles. The minimum absolute atomic E-state index is 0.0671. The van der Waals surface area contributed by atoms with Gasteiger partial charge in [-0.3, -0.25) is 4.79 Å². The summed E-state index contributed by atoms with van der Waals surface area (Å²) in [5.74, 6) is -0.467. The quantitative estimate of drug-likeness (QED) is 0.926. The van der Waals surface area contributed by atoms with Crippen LogP contribution in [0.25, 0.3) is 6.08 Å². The molecule has 0 aliphatic heterocycles. The first-order valence-electron chi connectivity index (χ1n) is 7.00. The summed E-state index contributed by atoms with van der Waals surface area (Å²) in [5.41, 5.74) is 0.913. The van der Waals surface area contributed by atoms with E-state index in [9.17, 15) is 9.59 Å². The number of aromatic nitrogens is 2. The maximum absolute atomic E-state index is 12.4. The zero-order valence-corrected chi connectivity index (χ0v) is 12.5. The summed E-state index contributed by atoms with van der Waals surface area (Å²) in [5, 5.41) is 8.83. The molecular weight excluding hydrogens is 272 g/mol. The van der Waals surface area contributed by atoms with Crippen molar-refractivity contribution in [3.05, 3.63) is 23.3 Å². The Kier molecular flexibility index (Phi) is 4.16. The highest BCUT2D eigenvalue weighted by Gasteiger charge is 2.26. The third-order valence-electron chi connectivity index (χ3n) is 3.02. The van der Waals surface area contributed by atoms with Crippen LogP contribution in [0.1, 0.15) is 50.8 Å². The maximum atomic E-state index is 12.4. The van der Waals surface area contributed by atoms with Crippen molar-refractivity contribution >= 4 is 18.1 Å². The summed E-state index contributed by atoms with van der Waals surface area (Å²) in [6.07, 6.45) is 5.07. The number of carbonyl (C=O) groups excluding carboxylic acids is 1. The molecule has 1 aromatic heterocycles. The fourth-order valence-electron chi connectivity index (χ4n) is 2.20. The van der Waals surface area contributed by atoms with Crippen molar-refractivity contribution in [3.8, 4) is 0 Å². The van der Waals surface area contributed by atoms with E-state index >= 15 is 0 Å². The first-order valence-corrected chi connectivity index (χ1v) is 7.00. The number of ether oxygens (including phenoxy) is 1. The lowest BCUT2D eigenvalue weighted by Crippen LogP contribution is -2.29. The normalized spacial score (nSPS) is 13.9. The van der Waals surface area contributed by atoms with E-state index in [1.165, 1.54) is 4.57 Å². The average molecular weight is 292 g/mol. The molecule has 2 rings (SSSR count). The number of aliphatic carboxylic acids is 1. The molecule has 0 fully saturated rings. The predicted molar refractivity (Wildman–Crippen MR) is 77.2 cm³/mol. The SMILES string of the molecule is CC(C)(C)OC(=O)n1c(CCC(=O)O)nc2c1C=CCC2. The summed E-state index contributed by atoms with van der Waals surface area (Å²) in [6.45, 7) is 5.38. The second-order valence-corrected chi connectivity index (χ2v) is 6.01. The molecule has 1 aromatic rings. The predicted octanol–water partition coefficient (Wildman–Crippen LogP) is 2.64. The van der Waals surface area contributed by atoms with Crippen molar-refractivity contribution in [2.24, 2.45) is 0 Å². The van der Waals surface area contributed by atoms with Gasteiger partial charge in [-0.15, -0.1) is 0 Å². The van der Waals surface area contributed by atoms with E-state index in [4.69, 9.17) is 9.84 Å². The number of carbonyl (C=O) groups is 2. The molecule has 0 radical (unpaired) electrons. The Bertz CT molecular complexity index is 594. The zero-order valence-electron chi connectivity index (χ0n) is 12.5. The van der Waals surface area contributed by atoms with Gasteiger partial charge in [0.25, 0.3) is 0 Å². The number of carboxylic acid groups (broad SMARTS) is 1. The van der Waals surface area contributed by atoms with Gasteiger partial charge in [0.2, 0.25) is 0 Å². The maximum Gasteiger partial charge on any atom is 0.420 e. The molecule has 0 amide bonds. The van der Waals surface area contributed by atoms with Crippen molar-refractivity contribution < 1.29 is 19.4 Å². The Morgan fingerprint density at radius 3 is 2.76 bits per heavy atom. The number of carboxylic acids is 1. The summed E-state index contributed by atoms with van der Waals surface area (Å²) in [7, 11) is 0. The Balaban J connectivity index is 2.36. The molecule has 0 saturated heterocycles.